The van der Waals surface area contributed by atoms with E-state index in [0.717, 1.165) is 25.7 Å². The van der Waals surface area contributed by atoms with E-state index in [1.165, 1.54) is 6.42 Å². The second-order valence-electron chi connectivity index (χ2n) is 9.13. The van der Waals surface area contributed by atoms with Gasteiger partial charge in [0.15, 0.2) is 11.5 Å². The van der Waals surface area contributed by atoms with Gasteiger partial charge in [-0.3, -0.25) is 14.1 Å². The van der Waals surface area contributed by atoms with Crippen LogP contribution in [0.2, 0.25) is 0 Å². The lowest BCUT2D eigenvalue weighted by molar-refractivity contribution is -0.140. The van der Waals surface area contributed by atoms with E-state index in [4.69, 9.17) is 4.55 Å². The second kappa shape index (κ2) is 5.64. The molecule has 7 heteroatoms. The fourth-order valence-corrected chi connectivity index (χ4v) is 6.95. The molecular weight excluding hydrogens is 356 g/mol. The van der Waals surface area contributed by atoms with Gasteiger partial charge in [-0.1, -0.05) is 20.3 Å². The molecule has 5 atom stereocenters. The number of rotatable bonds is 2. The van der Waals surface area contributed by atoms with Gasteiger partial charge in [0, 0.05) is 18.8 Å². The lowest BCUT2D eigenvalue weighted by atomic mass is 9.47. The van der Waals surface area contributed by atoms with Crippen molar-refractivity contribution in [2.45, 2.75) is 65.2 Å². The Morgan fingerprint density at radius 1 is 1.08 bits per heavy atom. The largest absolute Gasteiger partial charge is 0.446 e. The quantitative estimate of drug-likeness (QED) is 0.736. The Kier molecular flexibility index (Phi) is 3.94. The first-order valence-electron chi connectivity index (χ1n) is 9.52. The first-order valence-corrected chi connectivity index (χ1v) is 10.9. The Morgan fingerprint density at radius 2 is 1.81 bits per heavy atom. The van der Waals surface area contributed by atoms with Crippen LogP contribution in [0.15, 0.2) is 11.3 Å². The van der Waals surface area contributed by atoms with Crippen LogP contribution in [0, 0.1) is 28.6 Å². The molecule has 0 aliphatic heterocycles. The van der Waals surface area contributed by atoms with Gasteiger partial charge in [0.25, 0.3) is 0 Å². The van der Waals surface area contributed by atoms with Gasteiger partial charge < -0.3 is 4.18 Å². The summed E-state index contributed by atoms with van der Waals surface area (Å²) >= 11 is 0. The molecule has 0 bridgehead atoms. The van der Waals surface area contributed by atoms with E-state index in [2.05, 4.69) is 11.1 Å². The monoisotopic (exact) mass is 382 g/mol. The predicted molar refractivity (Wildman–Crippen MR) is 93.3 cm³/mol. The molecule has 0 heterocycles. The zero-order valence-corrected chi connectivity index (χ0v) is 16.1. The minimum atomic E-state index is -4.79. The van der Waals surface area contributed by atoms with Crippen LogP contribution < -0.4 is 0 Å². The SMILES string of the molecule is C[C@@]12CCC[C@H]1[C@@H]1C(=O)CC3=C(OS(=O)(=O)O)C(=O)CC[C@]3(C)[C@H]1CC2. The number of hydrogen-bond acceptors (Lipinski definition) is 5. The molecular formula is C19H26O6S. The number of allylic oxidation sites excluding steroid dienone is 1. The van der Waals surface area contributed by atoms with Crippen molar-refractivity contribution >= 4 is 22.0 Å². The molecule has 4 aliphatic rings. The van der Waals surface area contributed by atoms with Crippen LogP contribution in [0.1, 0.15) is 65.2 Å². The van der Waals surface area contributed by atoms with Crippen LogP contribution in [0.25, 0.3) is 0 Å². The molecule has 0 amide bonds. The molecule has 144 valence electrons. The van der Waals surface area contributed by atoms with Crippen molar-refractivity contribution in [3.8, 4) is 0 Å². The smallest absolute Gasteiger partial charge is 0.358 e. The zero-order valence-electron chi connectivity index (χ0n) is 15.3. The van der Waals surface area contributed by atoms with Crippen molar-refractivity contribution in [2.75, 3.05) is 0 Å². The Balaban J connectivity index is 1.80. The average molecular weight is 382 g/mol. The second-order valence-corrected chi connectivity index (χ2v) is 10.1. The minimum absolute atomic E-state index is 0.00909. The van der Waals surface area contributed by atoms with Gasteiger partial charge in [-0.15, -0.1) is 0 Å². The van der Waals surface area contributed by atoms with Crippen LogP contribution in [0.5, 0.6) is 0 Å². The Morgan fingerprint density at radius 3 is 2.50 bits per heavy atom. The van der Waals surface area contributed by atoms with Gasteiger partial charge >= 0.3 is 10.4 Å². The zero-order chi connectivity index (χ0) is 18.9. The van der Waals surface area contributed by atoms with Crippen LogP contribution >= 0.6 is 0 Å². The highest BCUT2D eigenvalue weighted by molar-refractivity contribution is 7.81. The molecule has 3 fully saturated rings. The number of Topliss-reactive ketones (excluding diaryl/α,β-unsaturated/α-hetero) is 2. The number of ketones is 2. The minimum Gasteiger partial charge on any atom is -0.358 e. The summed E-state index contributed by atoms with van der Waals surface area (Å²) in [6.45, 7) is 4.35. The maximum Gasteiger partial charge on any atom is 0.446 e. The van der Waals surface area contributed by atoms with Crippen LogP contribution in [-0.4, -0.2) is 24.5 Å². The highest BCUT2D eigenvalue weighted by atomic mass is 32.3. The van der Waals surface area contributed by atoms with Crippen LogP contribution in [-0.2, 0) is 24.2 Å². The molecule has 0 aromatic carbocycles. The van der Waals surface area contributed by atoms with Crippen LogP contribution in [0.3, 0.4) is 0 Å². The summed E-state index contributed by atoms with van der Waals surface area (Å²) in [5.74, 6) is -0.161. The summed E-state index contributed by atoms with van der Waals surface area (Å²) in [6, 6.07) is 0. The molecule has 26 heavy (non-hydrogen) atoms. The van der Waals surface area contributed by atoms with Gasteiger partial charge in [-0.2, -0.15) is 8.42 Å². The molecule has 1 N–H and O–H groups in total. The maximum atomic E-state index is 13.1. The van der Waals surface area contributed by atoms with Gasteiger partial charge in [0.05, 0.1) is 0 Å². The van der Waals surface area contributed by atoms with E-state index < -0.39 is 21.6 Å². The number of fused-ring (bicyclic) bond motifs is 5. The topological polar surface area (TPSA) is 97.7 Å². The third-order valence-electron chi connectivity index (χ3n) is 7.87. The Bertz CT molecular complexity index is 812. The van der Waals surface area contributed by atoms with Crippen molar-refractivity contribution in [2.24, 2.45) is 28.6 Å². The molecule has 4 aliphatic carbocycles. The fourth-order valence-electron chi connectivity index (χ4n) is 6.54. The lowest BCUT2D eigenvalue weighted by Gasteiger charge is -2.56. The third kappa shape index (κ3) is 2.58. The molecule has 6 nitrogen and oxygen atoms in total. The lowest BCUT2D eigenvalue weighted by Crippen LogP contribution is -2.53. The number of carbonyl (C=O) groups is 2. The van der Waals surface area contributed by atoms with Crippen molar-refractivity contribution < 1.29 is 26.7 Å². The van der Waals surface area contributed by atoms with Gasteiger partial charge in [0.2, 0.25) is 0 Å². The van der Waals surface area contributed by atoms with Crippen LogP contribution in [0.4, 0.5) is 0 Å². The van der Waals surface area contributed by atoms with Crippen molar-refractivity contribution in [1.82, 2.24) is 0 Å². The molecule has 0 radical (unpaired) electrons. The van der Waals surface area contributed by atoms with E-state index in [-0.39, 0.29) is 41.6 Å². The van der Waals surface area contributed by atoms with Crippen molar-refractivity contribution in [3.05, 3.63) is 11.3 Å². The molecule has 0 aromatic rings. The van der Waals surface area contributed by atoms with Crippen molar-refractivity contribution in [3.63, 3.8) is 0 Å². The maximum absolute atomic E-state index is 13.1. The highest BCUT2D eigenvalue weighted by Crippen LogP contribution is 2.64. The molecule has 3 saturated carbocycles. The summed E-state index contributed by atoms with van der Waals surface area (Å²) < 4.78 is 36.2. The summed E-state index contributed by atoms with van der Waals surface area (Å²) in [6.07, 6.45) is 6.23. The van der Waals surface area contributed by atoms with Gasteiger partial charge in [-0.25, -0.2) is 0 Å². The Hall–Kier alpha value is -1.21. The molecule has 0 aromatic heterocycles. The van der Waals surface area contributed by atoms with Crippen molar-refractivity contribution in [1.29, 1.82) is 0 Å². The summed E-state index contributed by atoms with van der Waals surface area (Å²) in [7, 11) is -4.79. The standard InChI is InChI=1S/C19H26O6S/c1-18-7-3-4-11(18)16-12(5-8-18)19(2)9-6-14(20)17(25-26(22,23)24)13(19)10-15(16)21/h11-12,16H,3-10H2,1-2H3,(H,22,23,24)/t11-,12-,16-,18-,19+/m0/s1. The third-order valence-corrected chi connectivity index (χ3v) is 8.25. The number of hydrogen-bond donors (Lipinski definition) is 1. The first kappa shape index (κ1) is 18.2. The molecule has 0 spiro atoms. The Labute approximate surface area is 154 Å². The van der Waals surface area contributed by atoms with Gasteiger partial charge in [0.1, 0.15) is 5.78 Å². The van der Waals surface area contributed by atoms with E-state index in [1.807, 2.05) is 6.92 Å². The summed E-state index contributed by atoms with van der Waals surface area (Å²) in [5.41, 5.74) is 0.294. The van der Waals surface area contributed by atoms with E-state index >= 15 is 0 Å². The van der Waals surface area contributed by atoms with E-state index in [0.29, 0.717) is 17.9 Å². The predicted octanol–water partition coefficient (Wildman–Crippen LogP) is 3.23. The summed E-state index contributed by atoms with van der Waals surface area (Å²) in [4.78, 5) is 25.4. The summed E-state index contributed by atoms with van der Waals surface area (Å²) in [5, 5.41) is 0. The fraction of sp³-hybridized carbons (Fsp3) is 0.789. The first-order chi connectivity index (χ1) is 12.1. The molecule has 0 saturated heterocycles. The normalized spacial score (nSPS) is 43.0. The molecule has 4 rings (SSSR count). The van der Waals surface area contributed by atoms with E-state index in [9.17, 15) is 18.0 Å². The van der Waals surface area contributed by atoms with E-state index in [1.54, 1.807) is 0 Å². The number of carbonyl (C=O) groups excluding carboxylic acids is 2. The van der Waals surface area contributed by atoms with Gasteiger partial charge in [-0.05, 0) is 60.3 Å². The molecule has 0 unspecified atom stereocenters. The highest BCUT2D eigenvalue weighted by Gasteiger charge is 2.60. The average Bonchev–Trinajstić information content (AvgIpc) is 2.93.